The van der Waals surface area contributed by atoms with Gasteiger partial charge in [-0.2, -0.15) is 0 Å². The summed E-state index contributed by atoms with van der Waals surface area (Å²) < 4.78 is 10.5. The molecule has 0 aromatic rings. The maximum absolute atomic E-state index is 11.2. The third-order valence-corrected chi connectivity index (χ3v) is 2.64. The molecule has 0 aliphatic carbocycles. The number of nitrogens with zero attached hydrogens (tertiary/aromatic N) is 1. The van der Waals surface area contributed by atoms with Gasteiger partial charge in [-0.25, -0.2) is 0 Å². The topological polar surface area (TPSA) is 37.4 Å². The van der Waals surface area contributed by atoms with Crippen molar-refractivity contribution < 1.29 is 9.36 Å². The Hall–Kier alpha value is -0.430. The summed E-state index contributed by atoms with van der Waals surface area (Å²) in [5, 5.41) is 0. The lowest BCUT2D eigenvalue weighted by Gasteiger charge is -2.15. The van der Waals surface area contributed by atoms with E-state index in [1.54, 1.807) is 21.0 Å². The Kier molecular flexibility index (Phi) is 4.27. The molecule has 0 rings (SSSR count). The zero-order chi connectivity index (χ0) is 9.02. The molecule has 0 saturated carbocycles. The monoisotopic (exact) mass is 176 g/mol. The van der Waals surface area contributed by atoms with Gasteiger partial charge in [0.15, 0.2) is 5.66 Å². The summed E-state index contributed by atoms with van der Waals surface area (Å²) in [5.74, 6) is -0.0957. The van der Waals surface area contributed by atoms with E-state index in [9.17, 15) is 9.36 Å². The Morgan fingerprint density at radius 3 is 2.09 bits per heavy atom. The van der Waals surface area contributed by atoms with Gasteiger partial charge in [-0.3, -0.25) is 4.79 Å². The number of hydrogen-bond acceptors (Lipinski definition) is 2. The first-order chi connectivity index (χ1) is 5.00. The van der Waals surface area contributed by atoms with Crippen LogP contribution in [-0.2, 0) is 9.36 Å². The average molecular weight is 176 g/mol. The lowest BCUT2D eigenvalue weighted by molar-refractivity contribution is -0.132. The van der Waals surface area contributed by atoms with Gasteiger partial charge in [0.05, 0.1) is 5.92 Å². The molecule has 3 unspecified atom stereocenters. The minimum Gasteiger partial charge on any atom is -0.348 e. The summed E-state index contributed by atoms with van der Waals surface area (Å²) in [6.07, 6.45) is 0. The zero-order valence-corrected chi connectivity index (χ0v) is 8.42. The van der Waals surface area contributed by atoms with Crippen LogP contribution >= 0.6 is 8.46 Å². The molecule has 64 valence electrons. The predicted molar refractivity (Wildman–Crippen MR) is 46.3 cm³/mol. The highest BCUT2D eigenvalue weighted by atomic mass is 31.1. The Labute approximate surface area is 69.0 Å². The fourth-order valence-electron chi connectivity index (χ4n) is 0.723. The third kappa shape index (κ3) is 2.98. The van der Waals surface area contributed by atoms with Crippen LogP contribution < -0.4 is 0 Å². The first-order valence-corrected chi connectivity index (χ1v) is 4.58. The average Bonchev–Trinajstić information content (AvgIpc) is 2.00. The zero-order valence-electron chi connectivity index (χ0n) is 7.42. The third-order valence-electron chi connectivity index (χ3n) is 1.77. The van der Waals surface area contributed by atoms with Crippen LogP contribution in [0.3, 0.4) is 0 Å². The molecule has 0 bridgehead atoms. The van der Waals surface area contributed by atoms with Crippen LogP contribution in [0.15, 0.2) is 0 Å². The van der Waals surface area contributed by atoms with Crippen molar-refractivity contribution in [1.29, 1.82) is 0 Å². The van der Waals surface area contributed by atoms with E-state index in [0.29, 0.717) is 0 Å². The Bertz CT molecular complexity index is 159. The smallest absolute Gasteiger partial charge is 0.328 e. The molecule has 0 heterocycles. The predicted octanol–water partition coefficient (Wildman–Crippen LogP) is 1.12. The van der Waals surface area contributed by atoms with Crippen molar-refractivity contribution >= 4 is 14.4 Å². The molecule has 3 atom stereocenters. The van der Waals surface area contributed by atoms with Gasteiger partial charge in [0.1, 0.15) is 0 Å². The largest absolute Gasteiger partial charge is 0.348 e. The van der Waals surface area contributed by atoms with Crippen molar-refractivity contribution in [3.8, 4) is 0 Å². The van der Waals surface area contributed by atoms with E-state index < -0.39 is 8.46 Å². The van der Waals surface area contributed by atoms with Gasteiger partial charge in [-0.1, -0.05) is 4.57 Å². The minimum absolute atomic E-state index is 0.0371. The van der Waals surface area contributed by atoms with Crippen molar-refractivity contribution in [2.45, 2.75) is 19.5 Å². The van der Waals surface area contributed by atoms with Gasteiger partial charge >= 0.3 is 8.46 Å². The molecule has 0 radical (unpaired) electrons. The molecule has 1 amide bonds. The summed E-state index contributed by atoms with van der Waals surface area (Å²) in [5.41, 5.74) is -0.0371. The van der Waals surface area contributed by atoms with E-state index >= 15 is 0 Å². The van der Waals surface area contributed by atoms with E-state index in [1.165, 1.54) is 4.90 Å². The summed E-state index contributed by atoms with van der Waals surface area (Å²) in [7, 11) is 3.02. The van der Waals surface area contributed by atoms with E-state index in [1.807, 2.05) is 6.92 Å². The quantitative estimate of drug-likeness (QED) is 0.604. The van der Waals surface area contributed by atoms with Crippen LogP contribution in [0.5, 0.6) is 0 Å². The summed E-state index contributed by atoms with van der Waals surface area (Å²) >= 11 is 0. The van der Waals surface area contributed by atoms with Crippen molar-refractivity contribution in [2.24, 2.45) is 5.92 Å². The number of hydrogen-bond donors (Lipinski definition) is 0. The molecule has 0 saturated heterocycles. The summed E-state index contributed by atoms with van der Waals surface area (Å²) in [6, 6.07) is 0. The van der Waals surface area contributed by atoms with E-state index in [-0.39, 0.29) is 17.5 Å². The molecule has 0 fully saturated rings. The van der Waals surface area contributed by atoms with Crippen LogP contribution in [0.1, 0.15) is 13.8 Å². The number of carbonyl (C=O) groups excluding carboxylic acids is 1. The lowest BCUT2D eigenvalue weighted by Crippen LogP contribution is -2.31. The Morgan fingerprint density at radius 1 is 1.36 bits per heavy atom. The van der Waals surface area contributed by atoms with Gasteiger partial charge in [-0.05, 0) is 13.8 Å². The van der Waals surface area contributed by atoms with E-state index in [4.69, 9.17) is 0 Å². The van der Waals surface area contributed by atoms with Gasteiger partial charge in [0.2, 0.25) is 5.91 Å². The van der Waals surface area contributed by atoms with E-state index in [0.717, 1.165) is 0 Å². The van der Waals surface area contributed by atoms with Crippen LogP contribution in [0.2, 0.25) is 0 Å². The first-order valence-electron chi connectivity index (χ1n) is 3.59. The molecular weight excluding hydrogens is 161 g/mol. The molecule has 0 aromatic heterocycles. The first kappa shape index (κ1) is 10.6. The molecular formula is C7H15NO2P+. The molecule has 3 nitrogen and oxygen atoms in total. The fraction of sp³-hybridized carbons (Fsp3) is 0.857. The number of rotatable bonds is 3. The summed E-state index contributed by atoms with van der Waals surface area (Å²) in [4.78, 5) is 12.8. The van der Waals surface area contributed by atoms with Crippen LogP contribution in [-0.4, -0.2) is 30.6 Å². The van der Waals surface area contributed by atoms with E-state index in [2.05, 4.69) is 0 Å². The van der Waals surface area contributed by atoms with Gasteiger partial charge < -0.3 is 4.90 Å². The maximum Gasteiger partial charge on any atom is 0.328 e. The maximum atomic E-state index is 11.2. The van der Waals surface area contributed by atoms with Crippen molar-refractivity contribution in [3.63, 3.8) is 0 Å². The number of carbonyl (C=O) groups is 1. The normalized spacial score (nSPS) is 16.0. The molecule has 0 aromatic carbocycles. The van der Waals surface area contributed by atoms with Crippen LogP contribution in [0.25, 0.3) is 0 Å². The van der Waals surface area contributed by atoms with Crippen LogP contribution in [0.4, 0.5) is 0 Å². The lowest BCUT2D eigenvalue weighted by atomic mass is 10.1. The highest BCUT2D eigenvalue weighted by Gasteiger charge is 2.26. The minimum atomic E-state index is -0.400. The van der Waals surface area contributed by atoms with Gasteiger partial charge in [0.25, 0.3) is 0 Å². The van der Waals surface area contributed by atoms with Gasteiger partial charge in [0, 0.05) is 14.1 Å². The summed E-state index contributed by atoms with van der Waals surface area (Å²) in [6.45, 7) is 3.62. The highest BCUT2D eigenvalue weighted by Crippen LogP contribution is 2.17. The molecule has 11 heavy (non-hydrogen) atoms. The molecule has 0 spiro atoms. The molecule has 0 aliphatic heterocycles. The van der Waals surface area contributed by atoms with Crippen molar-refractivity contribution in [2.75, 3.05) is 14.1 Å². The standard InChI is InChI=1S/C7H14NO2P/c1-5(6(2)11-10)7(9)8(3)4/h5-6H,1-4H3/p+1. The highest BCUT2D eigenvalue weighted by molar-refractivity contribution is 7.24. The second-order valence-electron chi connectivity index (χ2n) is 2.93. The second-order valence-corrected chi connectivity index (χ2v) is 4.07. The SMILES string of the molecule is CC([PH+]=O)C(C)C(=O)N(C)C. The van der Waals surface area contributed by atoms with Crippen LogP contribution in [0, 0.1) is 5.92 Å². The fourth-order valence-corrected chi connectivity index (χ4v) is 1.07. The molecule has 4 heteroatoms. The van der Waals surface area contributed by atoms with Crippen molar-refractivity contribution in [3.05, 3.63) is 0 Å². The van der Waals surface area contributed by atoms with Gasteiger partial charge in [-0.15, -0.1) is 0 Å². The number of amides is 1. The second kappa shape index (κ2) is 4.45. The molecule has 0 N–H and O–H groups in total. The van der Waals surface area contributed by atoms with Crippen molar-refractivity contribution in [1.82, 2.24) is 4.90 Å². The Morgan fingerprint density at radius 2 is 1.82 bits per heavy atom. The Balaban J connectivity index is 4.12. The molecule has 0 aliphatic rings.